The van der Waals surface area contributed by atoms with Crippen molar-refractivity contribution in [2.75, 3.05) is 20.4 Å². The maximum absolute atomic E-state index is 15.2. The molecule has 2 aliphatic carbocycles. The quantitative estimate of drug-likeness (QED) is 0.194. The molecule has 2 saturated carbocycles. The van der Waals surface area contributed by atoms with Gasteiger partial charge in [0.05, 0.1) is 12.1 Å². The Labute approximate surface area is 300 Å². The number of carbonyl (C=O) groups excluding carboxylic acids is 3. The number of rotatable bonds is 12. The predicted molar refractivity (Wildman–Crippen MR) is 190 cm³/mol. The van der Waals surface area contributed by atoms with Gasteiger partial charge in [0.2, 0.25) is 17.6 Å². The standard InChI is InChI=1S/C39H56FN3O8/c1-23-27-13-9-14-28(33(27)50-32(23)35(45)46)31-21-29(24-11-7-6-8-12-24)39(36(41)47,19-10-20-49-5)43(31)34(44)26-17-15-25(16-18-26)30(22-40)42-37(48)51-38(2,3)4/h9,13-14,24-26,29-31H,6-8,10-12,15-22H2,1-5H3,(H2,41,47)(H,42,48)(H,45,46)/t25?,26?,29-,30+,31?,39-/m0/s1. The molecule has 1 unspecified atom stereocenters. The average molecular weight is 714 g/mol. The highest BCUT2D eigenvalue weighted by atomic mass is 19.1. The molecule has 4 N–H and O–H groups in total. The van der Waals surface area contributed by atoms with Crippen molar-refractivity contribution in [3.8, 4) is 0 Å². The number of aryl methyl sites for hydroxylation is 1. The summed E-state index contributed by atoms with van der Waals surface area (Å²) in [4.78, 5) is 55.7. The summed E-state index contributed by atoms with van der Waals surface area (Å²) < 4.78 is 31.1. The number of furan rings is 1. The van der Waals surface area contributed by atoms with Gasteiger partial charge in [-0.25, -0.2) is 14.0 Å². The van der Waals surface area contributed by atoms with E-state index in [0.29, 0.717) is 73.6 Å². The van der Waals surface area contributed by atoms with Crippen molar-refractivity contribution in [2.24, 2.45) is 29.4 Å². The van der Waals surface area contributed by atoms with E-state index < -0.39 is 53.8 Å². The number of methoxy groups -OCH3 is 1. The molecular weight excluding hydrogens is 657 g/mol. The lowest BCUT2D eigenvalue weighted by Crippen LogP contribution is -2.62. The minimum atomic E-state index is -1.29. The zero-order valence-electron chi connectivity index (χ0n) is 30.8. The topological polar surface area (TPSA) is 161 Å². The highest BCUT2D eigenvalue weighted by Crippen LogP contribution is 2.56. The number of hydrogen-bond acceptors (Lipinski definition) is 7. The van der Waals surface area contributed by atoms with E-state index in [4.69, 9.17) is 19.6 Å². The van der Waals surface area contributed by atoms with Gasteiger partial charge in [0.1, 0.15) is 23.4 Å². The van der Waals surface area contributed by atoms with E-state index in [-0.39, 0.29) is 29.4 Å². The van der Waals surface area contributed by atoms with Gasteiger partial charge in [0.25, 0.3) is 0 Å². The maximum atomic E-state index is 15.2. The first-order valence-electron chi connectivity index (χ1n) is 18.7. The van der Waals surface area contributed by atoms with Crippen LogP contribution in [0.5, 0.6) is 0 Å². The number of carbonyl (C=O) groups is 4. The number of aromatic carboxylic acids is 1. The summed E-state index contributed by atoms with van der Waals surface area (Å²) in [6.07, 6.45) is 7.68. The second kappa shape index (κ2) is 15.9. The van der Waals surface area contributed by atoms with Crippen molar-refractivity contribution in [1.82, 2.24) is 10.2 Å². The Morgan fingerprint density at radius 3 is 2.37 bits per heavy atom. The van der Waals surface area contributed by atoms with Crippen molar-refractivity contribution in [2.45, 2.75) is 128 Å². The van der Waals surface area contributed by atoms with Crippen LogP contribution in [0.2, 0.25) is 0 Å². The van der Waals surface area contributed by atoms with Crippen LogP contribution >= 0.6 is 0 Å². The number of nitrogens with two attached hydrogens (primary N) is 1. The first kappa shape index (κ1) is 38.6. The number of benzene rings is 1. The number of fused-ring (bicyclic) bond motifs is 1. The molecule has 0 bridgehead atoms. The molecule has 2 aromatic rings. The first-order chi connectivity index (χ1) is 24.2. The van der Waals surface area contributed by atoms with Gasteiger partial charge < -0.3 is 34.9 Å². The molecule has 51 heavy (non-hydrogen) atoms. The molecule has 5 rings (SSSR count). The van der Waals surface area contributed by atoms with Crippen LogP contribution in [0.4, 0.5) is 9.18 Å². The van der Waals surface area contributed by atoms with Crippen LogP contribution in [0, 0.1) is 30.6 Å². The molecule has 11 nitrogen and oxygen atoms in total. The van der Waals surface area contributed by atoms with Gasteiger partial charge in [-0.1, -0.05) is 50.3 Å². The van der Waals surface area contributed by atoms with Crippen LogP contribution in [0.15, 0.2) is 22.6 Å². The van der Waals surface area contributed by atoms with E-state index in [9.17, 15) is 23.9 Å². The number of nitrogens with one attached hydrogen (secondary N) is 1. The Morgan fingerprint density at radius 2 is 1.78 bits per heavy atom. The van der Waals surface area contributed by atoms with E-state index in [1.165, 1.54) is 0 Å². The summed E-state index contributed by atoms with van der Waals surface area (Å²) >= 11 is 0. The van der Waals surface area contributed by atoms with Crippen LogP contribution in [-0.2, 0) is 19.1 Å². The Kier molecular flexibility index (Phi) is 12.0. The largest absolute Gasteiger partial charge is 0.475 e. The number of amides is 3. The molecule has 3 aliphatic rings. The molecule has 1 aromatic heterocycles. The van der Waals surface area contributed by atoms with Crippen molar-refractivity contribution < 1.29 is 42.6 Å². The molecule has 3 fully saturated rings. The van der Waals surface area contributed by atoms with Crippen LogP contribution in [0.3, 0.4) is 0 Å². The Bertz CT molecular complexity index is 1570. The summed E-state index contributed by atoms with van der Waals surface area (Å²) in [6, 6.07) is 4.21. The second-order valence-corrected chi connectivity index (χ2v) is 16.0. The molecule has 0 radical (unpaired) electrons. The smallest absolute Gasteiger partial charge is 0.407 e. The second-order valence-electron chi connectivity index (χ2n) is 16.0. The molecule has 2 heterocycles. The normalized spacial score (nSPS) is 26.6. The van der Waals surface area contributed by atoms with Crippen LogP contribution in [0.25, 0.3) is 11.0 Å². The van der Waals surface area contributed by atoms with E-state index >= 15 is 4.79 Å². The van der Waals surface area contributed by atoms with Gasteiger partial charge in [-0.05, 0) is 90.4 Å². The highest BCUT2D eigenvalue weighted by molar-refractivity contribution is 5.97. The number of halogens is 1. The van der Waals surface area contributed by atoms with Gasteiger partial charge in [-0.15, -0.1) is 0 Å². The minimum Gasteiger partial charge on any atom is -0.475 e. The number of primary amides is 1. The van der Waals surface area contributed by atoms with Crippen molar-refractivity contribution in [3.05, 3.63) is 35.1 Å². The number of carboxylic acid groups (broad SMARTS) is 1. The molecule has 1 aromatic carbocycles. The van der Waals surface area contributed by atoms with Crippen LogP contribution in [0.1, 0.15) is 126 Å². The first-order valence-corrected chi connectivity index (χ1v) is 18.7. The zero-order chi connectivity index (χ0) is 37.1. The Balaban J connectivity index is 1.54. The van der Waals surface area contributed by atoms with E-state index in [0.717, 1.165) is 32.1 Å². The predicted octanol–water partition coefficient (Wildman–Crippen LogP) is 7.23. The van der Waals surface area contributed by atoms with Crippen LogP contribution < -0.4 is 11.1 Å². The fourth-order valence-electron chi connectivity index (χ4n) is 9.39. The van der Waals surface area contributed by atoms with Gasteiger partial charge >= 0.3 is 12.1 Å². The molecule has 282 valence electrons. The molecular formula is C39H56FN3O8. The molecule has 1 aliphatic heterocycles. The number of hydrogen-bond donors (Lipinski definition) is 3. The lowest BCUT2D eigenvalue weighted by atomic mass is 9.68. The van der Waals surface area contributed by atoms with E-state index in [1.807, 2.05) is 18.2 Å². The number of para-hydroxylation sites is 1. The number of nitrogens with zero attached hydrogens (tertiary/aromatic N) is 1. The fraction of sp³-hybridized carbons (Fsp3) is 0.692. The molecule has 12 heteroatoms. The van der Waals surface area contributed by atoms with Crippen LogP contribution in [-0.4, -0.2) is 71.5 Å². The highest BCUT2D eigenvalue weighted by Gasteiger charge is 2.61. The number of alkyl carbamates (subject to hydrolysis) is 1. The third-order valence-corrected chi connectivity index (χ3v) is 11.7. The van der Waals surface area contributed by atoms with Gasteiger partial charge in [0, 0.05) is 36.1 Å². The minimum absolute atomic E-state index is 0.154. The average Bonchev–Trinajstić information content (AvgIpc) is 3.62. The maximum Gasteiger partial charge on any atom is 0.407 e. The lowest BCUT2D eigenvalue weighted by Gasteiger charge is -2.46. The summed E-state index contributed by atoms with van der Waals surface area (Å²) in [7, 11) is 1.61. The molecule has 1 saturated heterocycles. The van der Waals surface area contributed by atoms with Gasteiger partial charge in [0.15, 0.2) is 0 Å². The zero-order valence-corrected chi connectivity index (χ0v) is 30.8. The number of likely N-dealkylation sites (tertiary alicyclic amines) is 1. The molecule has 4 atom stereocenters. The van der Waals surface area contributed by atoms with E-state index in [1.54, 1.807) is 39.7 Å². The van der Waals surface area contributed by atoms with Crippen molar-refractivity contribution >= 4 is 34.8 Å². The van der Waals surface area contributed by atoms with E-state index in [2.05, 4.69) is 5.32 Å². The number of ether oxygens (including phenoxy) is 2. The molecule has 3 amide bonds. The summed E-state index contributed by atoms with van der Waals surface area (Å²) in [5.74, 6) is -2.71. The van der Waals surface area contributed by atoms with Crippen molar-refractivity contribution in [3.63, 3.8) is 0 Å². The number of alkyl halides is 1. The SMILES string of the molecule is COCCC[C@@]1(C(N)=O)[C@H](C2CCCCC2)CC(c2cccc3c(C)c(C(=O)O)oc23)N1C(=O)C1CCC([C@@H](CF)NC(=O)OC(C)(C)C)CC1. The summed E-state index contributed by atoms with van der Waals surface area (Å²) in [5.41, 5.74) is 6.05. The fourth-order valence-corrected chi connectivity index (χ4v) is 9.39. The third-order valence-electron chi connectivity index (χ3n) is 11.7. The van der Waals surface area contributed by atoms with Gasteiger partial charge in [-0.2, -0.15) is 0 Å². The monoisotopic (exact) mass is 713 g/mol. The Morgan fingerprint density at radius 1 is 1.10 bits per heavy atom. The summed E-state index contributed by atoms with van der Waals surface area (Å²) in [5, 5.41) is 13.3. The van der Waals surface area contributed by atoms with Gasteiger partial charge in [-0.3, -0.25) is 9.59 Å². The lowest BCUT2D eigenvalue weighted by molar-refractivity contribution is -0.154. The summed E-state index contributed by atoms with van der Waals surface area (Å²) in [6.45, 7) is 6.60. The van der Waals surface area contributed by atoms with Crippen molar-refractivity contribution in [1.29, 1.82) is 0 Å². The number of carboxylic acids is 1. The Hall–Kier alpha value is -3.67. The third kappa shape index (κ3) is 7.90. The molecule has 0 spiro atoms.